The normalized spacial score (nSPS) is 11.6. The Morgan fingerprint density at radius 3 is 2.40 bits per heavy atom. The fourth-order valence-electron chi connectivity index (χ4n) is 1.76. The predicted octanol–water partition coefficient (Wildman–Crippen LogP) is 3.68. The highest BCUT2D eigenvalue weighted by atomic mass is 16.5. The summed E-state index contributed by atoms with van der Waals surface area (Å²) in [5.74, 6) is -1.72. The van der Waals surface area contributed by atoms with Gasteiger partial charge in [0, 0.05) is 0 Å². The number of ether oxygens (including phenoxy) is 1. The van der Waals surface area contributed by atoms with Crippen LogP contribution in [0.5, 0.6) is 0 Å². The Bertz CT molecular complexity index is 513. The Hall–Kier alpha value is -2.10. The Morgan fingerprint density at radius 2 is 1.85 bits per heavy atom. The minimum Gasteiger partial charge on any atom is -0.478 e. The van der Waals surface area contributed by atoms with E-state index in [0.29, 0.717) is 6.42 Å². The molecule has 1 aromatic rings. The fourth-order valence-corrected chi connectivity index (χ4v) is 1.76. The van der Waals surface area contributed by atoms with E-state index in [1.54, 1.807) is 19.1 Å². The first kappa shape index (κ1) is 16.0. The van der Waals surface area contributed by atoms with E-state index in [9.17, 15) is 9.59 Å². The van der Waals surface area contributed by atoms with Gasteiger partial charge in [0.15, 0.2) is 0 Å². The van der Waals surface area contributed by atoms with E-state index in [-0.39, 0.29) is 17.2 Å². The minimum absolute atomic E-state index is 0.0333. The standard InChI is InChI=1S/C16H20O4/c1-11(2)7-6-8-12(3)20-16(19)14-10-5-4-9-13(14)15(17)18/h4-5,7,9-10,12H,6,8H2,1-3H3,(H,17,18)/t12-/m1/s1. The third kappa shape index (κ3) is 4.88. The highest BCUT2D eigenvalue weighted by Crippen LogP contribution is 2.13. The number of benzene rings is 1. The van der Waals surface area contributed by atoms with Crippen molar-refractivity contribution in [3.63, 3.8) is 0 Å². The molecule has 0 fully saturated rings. The molecule has 0 aliphatic heterocycles. The number of carbonyl (C=O) groups excluding carboxylic acids is 1. The van der Waals surface area contributed by atoms with Crippen LogP contribution >= 0.6 is 0 Å². The van der Waals surface area contributed by atoms with Crippen molar-refractivity contribution in [2.75, 3.05) is 0 Å². The first-order valence-corrected chi connectivity index (χ1v) is 6.58. The summed E-state index contributed by atoms with van der Waals surface area (Å²) in [5, 5.41) is 9.04. The summed E-state index contributed by atoms with van der Waals surface area (Å²) in [6.45, 7) is 5.83. The maximum Gasteiger partial charge on any atom is 0.339 e. The van der Waals surface area contributed by atoms with Crippen molar-refractivity contribution in [3.05, 3.63) is 47.0 Å². The van der Waals surface area contributed by atoms with Crippen molar-refractivity contribution in [2.24, 2.45) is 0 Å². The summed E-state index contributed by atoms with van der Waals surface area (Å²) in [7, 11) is 0. The molecular weight excluding hydrogens is 256 g/mol. The molecule has 0 saturated carbocycles. The molecule has 0 aliphatic carbocycles. The zero-order valence-electron chi connectivity index (χ0n) is 12.1. The van der Waals surface area contributed by atoms with Crippen molar-refractivity contribution in [1.82, 2.24) is 0 Å². The largest absolute Gasteiger partial charge is 0.478 e. The Labute approximate surface area is 119 Å². The number of esters is 1. The Balaban J connectivity index is 2.67. The van der Waals surface area contributed by atoms with Crippen LogP contribution in [0.1, 0.15) is 54.3 Å². The Morgan fingerprint density at radius 1 is 1.25 bits per heavy atom. The van der Waals surface area contributed by atoms with Gasteiger partial charge in [-0.1, -0.05) is 23.8 Å². The van der Waals surface area contributed by atoms with Gasteiger partial charge in [0.25, 0.3) is 0 Å². The van der Waals surface area contributed by atoms with Crippen LogP contribution in [-0.2, 0) is 4.74 Å². The van der Waals surface area contributed by atoms with E-state index < -0.39 is 11.9 Å². The van der Waals surface area contributed by atoms with Crippen LogP contribution in [-0.4, -0.2) is 23.1 Å². The van der Waals surface area contributed by atoms with Gasteiger partial charge in [0.1, 0.15) is 0 Å². The van der Waals surface area contributed by atoms with Crippen molar-refractivity contribution in [2.45, 2.75) is 39.7 Å². The van der Waals surface area contributed by atoms with Crippen LogP contribution < -0.4 is 0 Å². The topological polar surface area (TPSA) is 63.6 Å². The zero-order chi connectivity index (χ0) is 15.1. The van der Waals surface area contributed by atoms with E-state index in [1.165, 1.54) is 17.7 Å². The molecule has 0 aromatic heterocycles. The Kier molecular flexibility index (Phi) is 5.97. The number of hydrogen-bond acceptors (Lipinski definition) is 3. The van der Waals surface area contributed by atoms with Gasteiger partial charge in [-0.05, 0) is 45.7 Å². The van der Waals surface area contributed by atoms with Gasteiger partial charge in [0.2, 0.25) is 0 Å². The molecule has 1 atom stereocenters. The van der Waals surface area contributed by atoms with Crippen LogP contribution in [0.15, 0.2) is 35.9 Å². The van der Waals surface area contributed by atoms with Crippen LogP contribution in [0.3, 0.4) is 0 Å². The maximum atomic E-state index is 12.0. The second-order valence-electron chi connectivity index (χ2n) is 4.93. The number of aromatic carboxylic acids is 1. The monoisotopic (exact) mass is 276 g/mol. The van der Waals surface area contributed by atoms with Gasteiger partial charge in [-0.3, -0.25) is 0 Å². The van der Waals surface area contributed by atoms with E-state index in [4.69, 9.17) is 9.84 Å². The highest BCUT2D eigenvalue weighted by Gasteiger charge is 2.18. The summed E-state index contributed by atoms with van der Waals surface area (Å²) in [6.07, 6.45) is 3.37. The smallest absolute Gasteiger partial charge is 0.339 e. The average molecular weight is 276 g/mol. The first-order valence-electron chi connectivity index (χ1n) is 6.58. The molecule has 0 aliphatic rings. The molecule has 0 amide bonds. The molecule has 0 bridgehead atoms. The summed E-state index contributed by atoms with van der Waals surface area (Å²) in [5.41, 5.74) is 1.28. The molecule has 0 radical (unpaired) electrons. The lowest BCUT2D eigenvalue weighted by Gasteiger charge is -2.13. The van der Waals surface area contributed by atoms with Crippen LogP contribution in [0.25, 0.3) is 0 Å². The zero-order valence-corrected chi connectivity index (χ0v) is 12.1. The molecule has 0 unspecified atom stereocenters. The molecule has 0 saturated heterocycles. The minimum atomic E-state index is -1.13. The lowest BCUT2D eigenvalue weighted by atomic mass is 10.1. The highest BCUT2D eigenvalue weighted by molar-refractivity contribution is 6.02. The van der Waals surface area contributed by atoms with E-state index in [0.717, 1.165) is 6.42 Å². The van der Waals surface area contributed by atoms with Crippen molar-refractivity contribution in [3.8, 4) is 0 Å². The summed E-state index contributed by atoms with van der Waals surface area (Å²) < 4.78 is 5.28. The summed E-state index contributed by atoms with van der Waals surface area (Å²) in [4.78, 5) is 23.0. The average Bonchev–Trinajstić information content (AvgIpc) is 2.38. The lowest BCUT2D eigenvalue weighted by molar-refractivity contribution is 0.0320. The fraction of sp³-hybridized carbons (Fsp3) is 0.375. The lowest BCUT2D eigenvalue weighted by Crippen LogP contribution is -2.17. The number of hydrogen-bond donors (Lipinski definition) is 1. The van der Waals surface area contributed by atoms with Crippen molar-refractivity contribution >= 4 is 11.9 Å². The molecule has 20 heavy (non-hydrogen) atoms. The van der Waals surface area contributed by atoms with Gasteiger partial charge in [-0.2, -0.15) is 0 Å². The van der Waals surface area contributed by atoms with Gasteiger partial charge in [-0.25, -0.2) is 9.59 Å². The van der Waals surface area contributed by atoms with Gasteiger partial charge in [0.05, 0.1) is 17.2 Å². The third-order valence-corrected chi connectivity index (χ3v) is 2.81. The number of carbonyl (C=O) groups is 2. The second-order valence-corrected chi connectivity index (χ2v) is 4.93. The van der Waals surface area contributed by atoms with Gasteiger partial charge in [-0.15, -0.1) is 0 Å². The van der Waals surface area contributed by atoms with Gasteiger partial charge < -0.3 is 9.84 Å². The van der Waals surface area contributed by atoms with E-state index in [1.807, 2.05) is 13.8 Å². The molecule has 1 rings (SSSR count). The molecule has 108 valence electrons. The van der Waals surface area contributed by atoms with Crippen LogP contribution in [0, 0.1) is 0 Å². The second kappa shape index (κ2) is 7.48. The quantitative estimate of drug-likeness (QED) is 0.636. The van der Waals surface area contributed by atoms with Crippen molar-refractivity contribution in [1.29, 1.82) is 0 Å². The first-order chi connectivity index (χ1) is 9.41. The number of rotatable bonds is 6. The molecule has 0 spiro atoms. The van der Waals surface area contributed by atoms with Crippen LogP contribution in [0.4, 0.5) is 0 Å². The predicted molar refractivity (Wildman–Crippen MR) is 76.9 cm³/mol. The van der Waals surface area contributed by atoms with Crippen LogP contribution in [0.2, 0.25) is 0 Å². The summed E-state index contributed by atoms with van der Waals surface area (Å²) in [6, 6.07) is 6.07. The molecule has 1 N–H and O–H groups in total. The third-order valence-electron chi connectivity index (χ3n) is 2.81. The number of carboxylic acids is 1. The molecule has 4 nitrogen and oxygen atoms in total. The van der Waals surface area contributed by atoms with E-state index >= 15 is 0 Å². The SMILES string of the molecule is CC(C)=CCC[C@@H](C)OC(=O)c1ccccc1C(=O)O. The number of allylic oxidation sites excluding steroid dienone is 2. The van der Waals surface area contributed by atoms with E-state index in [2.05, 4.69) is 6.08 Å². The maximum absolute atomic E-state index is 12.0. The molecule has 0 heterocycles. The van der Waals surface area contributed by atoms with Crippen molar-refractivity contribution < 1.29 is 19.4 Å². The summed E-state index contributed by atoms with van der Waals surface area (Å²) >= 11 is 0. The molecular formula is C16H20O4. The van der Waals surface area contributed by atoms with Gasteiger partial charge >= 0.3 is 11.9 Å². The molecule has 1 aromatic carbocycles. The molecule has 4 heteroatoms. The number of carboxylic acid groups (broad SMARTS) is 1.